The second-order valence-electron chi connectivity index (χ2n) is 2.93. The van der Waals surface area contributed by atoms with E-state index >= 15 is 0 Å². The van der Waals surface area contributed by atoms with Crippen molar-refractivity contribution in [3.05, 3.63) is 0 Å². The summed E-state index contributed by atoms with van der Waals surface area (Å²) < 4.78 is 26.3. The van der Waals surface area contributed by atoms with Gasteiger partial charge in [-0.2, -0.15) is 5.06 Å². The van der Waals surface area contributed by atoms with Gasteiger partial charge in [-0.25, -0.2) is 8.78 Å². The molecule has 0 aromatic heterocycles. The summed E-state index contributed by atoms with van der Waals surface area (Å²) in [5.74, 6) is -3.14. The second-order valence-corrected chi connectivity index (χ2v) is 2.93. The average Bonchev–Trinajstić information content (AvgIpc) is 2.05. The molecular weight excluding hydrogens is 172 g/mol. The van der Waals surface area contributed by atoms with Gasteiger partial charge in [-0.1, -0.05) is 0 Å². The number of hydroxylamine groups is 2. The van der Waals surface area contributed by atoms with E-state index in [0.717, 1.165) is 0 Å². The van der Waals surface area contributed by atoms with Crippen LogP contribution in [0.2, 0.25) is 0 Å². The molecule has 1 rings (SSSR count). The number of amides is 2. The van der Waals surface area contributed by atoms with Crippen LogP contribution in [-0.2, 0) is 9.59 Å². The maximum Gasteiger partial charge on any atom is 0.294 e. The van der Waals surface area contributed by atoms with Crippen molar-refractivity contribution in [1.82, 2.24) is 5.06 Å². The van der Waals surface area contributed by atoms with Gasteiger partial charge in [-0.15, -0.1) is 0 Å². The molecule has 1 fully saturated rings. The molecule has 2 amide bonds. The lowest BCUT2D eigenvalue weighted by molar-refractivity contribution is -0.175. The summed E-state index contributed by atoms with van der Waals surface area (Å²) in [5.41, 5.74) is -5.97. The van der Waals surface area contributed by atoms with E-state index in [9.17, 15) is 18.4 Å². The fourth-order valence-electron chi connectivity index (χ4n) is 0.892. The lowest BCUT2D eigenvalue weighted by Crippen LogP contribution is -2.45. The molecule has 2 unspecified atom stereocenters. The first-order valence-corrected chi connectivity index (χ1v) is 3.18. The molecule has 0 radical (unpaired) electrons. The minimum absolute atomic E-state index is 0.528. The Bertz CT molecular complexity index is 236. The molecule has 6 heteroatoms. The van der Waals surface area contributed by atoms with E-state index in [1.54, 1.807) is 0 Å². The first-order chi connectivity index (χ1) is 5.23. The fourth-order valence-corrected chi connectivity index (χ4v) is 0.892. The van der Waals surface area contributed by atoms with E-state index in [2.05, 4.69) is 0 Å². The molecule has 0 aromatic rings. The number of carbonyl (C=O) groups is 2. The Morgan fingerprint density at radius 2 is 1.42 bits per heavy atom. The zero-order chi connectivity index (χ0) is 9.73. The van der Waals surface area contributed by atoms with E-state index < -0.39 is 28.2 Å². The molecule has 1 aliphatic heterocycles. The van der Waals surface area contributed by atoms with Gasteiger partial charge >= 0.3 is 0 Å². The highest BCUT2D eigenvalue weighted by Crippen LogP contribution is 2.38. The number of carbonyl (C=O) groups excluding carboxylic acids is 2. The third-order valence-corrected chi connectivity index (χ3v) is 2.07. The minimum atomic E-state index is -2.99. The van der Waals surface area contributed by atoms with Gasteiger partial charge < -0.3 is 0 Å². The number of halogens is 2. The van der Waals surface area contributed by atoms with Crippen LogP contribution in [0, 0.1) is 0 Å². The van der Waals surface area contributed by atoms with Crippen molar-refractivity contribution in [2.24, 2.45) is 0 Å². The van der Waals surface area contributed by atoms with Crippen LogP contribution in [0.4, 0.5) is 8.78 Å². The Morgan fingerprint density at radius 3 is 1.50 bits per heavy atom. The summed E-state index contributed by atoms with van der Waals surface area (Å²) in [5, 5.41) is 8.06. The van der Waals surface area contributed by atoms with Crippen molar-refractivity contribution < 1.29 is 23.6 Å². The zero-order valence-corrected chi connectivity index (χ0v) is 6.47. The van der Waals surface area contributed by atoms with Crippen molar-refractivity contribution >= 4 is 11.8 Å². The Hall–Kier alpha value is -1.04. The molecule has 1 saturated heterocycles. The van der Waals surface area contributed by atoms with E-state index in [4.69, 9.17) is 5.21 Å². The normalized spacial score (nSPS) is 42.6. The molecule has 0 aliphatic carbocycles. The predicted octanol–water partition coefficient (Wildman–Crippen LogP) is 0.201. The van der Waals surface area contributed by atoms with E-state index in [-0.39, 0.29) is 0 Å². The summed E-state index contributed by atoms with van der Waals surface area (Å²) >= 11 is 0. The number of hydrogen-bond donors (Lipinski definition) is 1. The second kappa shape index (κ2) is 2.01. The van der Waals surface area contributed by atoms with Crippen LogP contribution in [0.15, 0.2) is 0 Å². The highest BCUT2D eigenvalue weighted by Gasteiger charge is 2.67. The van der Waals surface area contributed by atoms with Crippen LogP contribution in [0.3, 0.4) is 0 Å². The maximum atomic E-state index is 13.1. The van der Waals surface area contributed by atoms with Gasteiger partial charge in [0.15, 0.2) is 0 Å². The molecule has 0 spiro atoms. The lowest BCUT2D eigenvalue weighted by atomic mass is 9.92. The van der Waals surface area contributed by atoms with Crippen LogP contribution in [0.5, 0.6) is 0 Å². The summed E-state index contributed by atoms with van der Waals surface area (Å²) in [6.45, 7) is 1.23. The molecule has 0 saturated carbocycles. The van der Waals surface area contributed by atoms with Gasteiger partial charge in [0.2, 0.25) is 11.3 Å². The minimum Gasteiger partial charge on any atom is -0.278 e. The molecule has 4 nitrogen and oxygen atoms in total. The Labute approximate surface area is 66.7 Å². The quantitative estimate of drug-likeness (QED) is 0.427. The van der Waals surface area contributed by atoms with Crippen LogP contribution in [0.25, 0.3) is 0 Å². The smallest absolute Gasteiger partial charge is 0.278 e. The Balaban J connectivity index is 3.24. The number of rotatable bonds is 0. The van der Waals surface area contributed by atoms with Gasteiger partial charge in [0.05, 0.1) is 0 Å². The van der Waals surface area contributed by atoms with E-state index in [0.29, 0.717) is 13.8 Å². The first kappa shape index (κ1) is 9.05. The fraction of sp³-hybridized carbons (Fsp3) is 0.667. The third-order valence-electron chi connectivity index (χ3n) is 2.07. The van der Waals surface area contributed by atoms with Crippen molar-refractivity contribution in [1.29, 1.82) is 0 Å². The molecule has 12 heavy (non-hydrogen) atoms. The standard InChI is InChI=1S/C6H7F2NO3/c1-5(7)3(10)9(12)4(11)6(5,2)8/h12H,1-2H3. The molecule has 0 bridgehead atoms. The third kappa shape index (κ3) is 0.726. The van der Waals surface area contributed by atoms with Crippen LogP contribution < -0.4 is 0 Å². The highest BCUT2D eigenvalue weighted by atomic mass is 19.2. The largest absolute Gasteiger partial charge is 0.294 e. The number of nitrogens with zero attached hydrogens (tertiary/aromatic N) is 1. The zero-order valence-electron chi connectivity index (χ0n) is 6.47. The van der Waals surface area contributed by atoms with Crippen LogP contribution >= 0.6 is 0 Å². The van der Waals surface area contributed by atoms with Crippen LogP contribution in [-0.4, -0.2) is 33.4 Å². The molecule has 68 valence electrons. The predicted molar refractivity (Wildman–Crippen MR) is 32.7 cm³/mol. The summed E-state index contributed by atoms with van der Waals surface area (Å²) in [7, 11) is 0. The van der Waals surface area contributed by atoms with Crippen molar-refractivity contribution in [3.8, 4) is 0 Å². The highest BCUT2D eigenvalue weighted by molar-refractivity contribution is 6.11. The maximum absolute atomic E-state index is 13.1. The van der Waals surface area contributed by atoms with E-state index in [1.165, 1.54) is 0 Å². The number of hydrogen-bond acceptors (Lipinski definition) is 3. The molecule has 0 aromatic carbocycles. The monoisotopic (exact) mass is 179 g/mol. The molecule has 1 heterocycles. The number of imide groups is 1. The molecule has 2 atom stereocenters. The van der Waals surface area contributed by atoms with E-state index in [1.807, 2.05) is 0 Å². The average molecular weight is 179 g/mol. The summed E-state index contributed by atoms with van der Waals surface area (Å²) in [6.07, 6.45) is 0. The Morgan fingerprint density at radius 1 is 1.17 bits per heavy atom. The number of alkyl halides is 2. The lowest BCUT2D eigenvalue weighted by Gasteiger charge is -2.19. The van der Waals surface area contributed by atoms with Gasteiger partial charge in [-0.05, 0) is 13.8 Å². The van der Waals surface area contributed by atoms with Gasteiger partial charge in [0, 0.05) is 0 Å². The van der Waals surface area contributed by atoms with Gasteiger partial charge in [0.25, 0.3) is 11.8 Å². The Kier molecular flexibility index (Phi) is 1.51. The molecule has 1 aliphatic rings. The van der Waals surface area contributed by atoms with Crippen molar-refractivity contribution in [2.45, 2.75) is 25.2 Å². The van der Waals surface area contributed by atoms with Crippen molar-refractivity contribution in [2.75, 3.05) is 0 Å². The topological polar surface area (TPSA) is 57.6 Å². The van der Waals surface area contributed by atoms with Crippen LogP contribution in [0.1, 0.15) is 13.8 Å². The van der Waals surface area contributed by atoms with Gasteiger partial charge in [0.1, 0.15) is 0 Å². The van der Waals surface area contributed by atoms with Gasteiger partial charge in [-0.3, -0.25) is 14.8 Å². The van der Waals surface area contributed by atoms with Crippen molar-refractivity contribution in [3.63, 3.8) is 0 Å². The molecule has 1 N–H and O–H groups in total. The summed E-state index contributed by atoms with van der Waals surface area (Å²) in [6, 6.07) is 0. The summed E-state index contributed by atoms with van der Waals surface area (Å²) in [4.78, 5) is 21.4. The first-order valence-electron chi connectivity index (χ1n) is 3.18. The SMILES string of the molecule is CC1(F)C(=O)N(O)C(=O)C1(C)F. The molecular formula is C6H7F2NO3.